The van der Waals surface area contributed by atoms with Crippen molar-refractivity contribution in [2.45, 2.75) is 11.8 Å². The number of hydrogen-bond donors (Lipinski definition) is 3. The molecule has 136 valence electrons. The van der Waals surface area contributed by atoms with Crippen molar-refractivity contribution < 1.29 is 22.5 Å². The first-order valence-corrected chi connectivity index (χ1v) is 9.14. The number of aryl methyl sites for hydroxylation is 1. The smallest absolute Gasteiger partial charge is 0.413 e. The molecule has 0 radical (unpaired) electrons. The lowest BCUT2D eigenvalue weighted by molar-refractivity contribution is 0.186. The second kappa shape index (κ2) is 6.60. The number of aromatic nitrogens is 2. The molecule has 0 spiro atoms. The highest BCUT2D eigenvalue weighted by Crippen LogP contribution is 2.38. The third-order valence-corrected chi connectivity index (χ3v) is 4.90. The van der Waals surface area contributed by atoms with E-state index < -0.39 is 16.2 Å². The van der Waals surface area contributed by atoms with Crippen molar-refractivity contribution in [3.8, 4) is 11.1 Å². The quantitative estimate of drug-likeness (QED) is 0.582. The van der Waals surface area contributed by atoms with Crippen LogP contribution in [-0.2, 0) is 14.9 Å². The van der Waals surface area contributed by atoms with Crippen molar-refractivity contribution in [3.63, 3.8) is 0 Å². The summed E-state index contributed by atoms with van der Waals surface area (Å²) in [5, 5.41) is 2.67. The van der Waals surface area contributed by atoms with Gasteiger partial charge in [0.15, 0.2) is 0 Å². The molecule has 3 aromatic rings. The van der Waals surface area contributed by atoms with Crippen LogP contribution in [0.2, 0.25) is 5.02 Å². The summed E-state index contributed by atoms with van der Waals surface area (Å²) in [6.07, 6.45) is -0.742. The highest BCUT2D eigenvalue weighted by Gasteiger charge is 2.23. The molecule has 1 amide bonds. The van der Waals surface area contributed by atoms with Crippen LogP contribution < -0.4 is 5.32 Å². The van der Waals surface area contributed by atoms with Crippen molar-refractivity contribution in [1.29, 1.82) is 0 Å². The SMILES string of the molecule is COC(=O)Nc1nc2c(-c3ccc(C)cc3Cl)c(S(=O)(=O)O)ccc2[nH]1. The molecule has 1 heterocycles. The largest absolute Gasteiger partial charge is 0.453 e. The summed E-state index contributed by atoms with van der Waals surface area (Å²) < 4.78 is 37.9. The molecule has 1 aromatic heterocycles. The van der Waals surface area contributed by atoms with E-state index >= 15 is 0 Å². The predicted molar refractivity (Wildman–Crippen MR) is 97.1 cm³/mol. The fourth-order valence-corrected chi connectivity index (χ4v) is 3.60. The third-order valence-electron chi connectivity index (χ3n) is 3.69. The molecule has 8 nitrogen and oxygen atoms in total. The number of halogens is 1. The van der Waals surface area contributed by atoms with Gasteiger partial charge in [-0.05, 0) is 30.7 Å². The third kappa shape index (κ3) is 3.36. The number of carbonyl (C=O) groups excluding carboxylic acids is 1. The Morgan fingerprint density at radius 3 is 2.65 bits per heavy atom. The Kier molecular flexibility index (Phi) is 4.61. The zero-order valence-electron chi connectivity index (χ0n) is 13.7. The van der Waals surface area contributed by atoms with Crippen LogP contribution in [0.3, 0.4) is 0 Å². The number of methoxy groups -OCH3 is 1. The molecule has 0 saturated carbocycles. The van der Waals surface area contributed by atoms with Crippen LogP contribution in [0.25, 0.3) is 22.2 Å². The number of amides is 1. The van der Waals surface area contributed by atoms with Gasteiger partial charge in [-0.3, -0.25) is 9.87 Å². The number of carbonyl (C=O) groups is 1. The first-order valence-electron chi connectivity index (χ1n) is 7.32. The minimum absolute atomic E-state index is 0.0591. The molecule has 2 aromatic carbocycles. The molecule has 3 rings (SSSR count). The monoisotopic (exact) mass is 395 g/mol. The van der Waals surface area contributed by atoms with Crippen LogP contribution in [0.4, 0.5) is 10.7 Å². The van der Waals surface area contributed by atoms with E-state index in [1.165, 1.54) is 19.2 Å². The number of ether oxygens (including phenoxy) is 1. The Balaban J connectivity index is 2.33. The average molecular weight is 396 g/mol. The fraction of sp³-hybridized carbons (Fsp3) is 0.125. The number of nitrogens with one attached hydrogen (secondary N) is 2. The van der Waals surface area contributed by atoms with Gasteiger partial charge in [-0.25, -0.2) is 9.78 Å². The van der Waals surface area contributed by atoms with E-state index in [1.54, 1.807) is 18.2 Å². The lowest BCUT2D eigenvalue weighted by atomic mass is 10.0. The number of hydrogen-bond acceptors (Lipinski definition) is 5. The van der Waals surface area contributed by atoms with Crippen LogP contribution in [-0.4, -0.2) is 36.1 Å². The van der Waals surface area contributed by atoms with E-state index in [0.717, 1.165) is 5.56 Å². The highest BCUT2D eigenvalue weighted by atomic mass is 35.5. The number of anilines is 1. The number of H-pyrrole nitrogens is 1. The van der Waals surface area contributed by atoms with Gasteiger partial charge in [0.1, 0.15) is 4.90 Å². The maximum absolute atomic E-state index is 11.9. The van der Waals surface area contributed by atoms with E-state index in [-0.39, 0.29) is 21.9 Å². The first-order chi connectivity index (χ1) is 12.2. The first kappa shape index (κ1) is 18.2. The maximum atomic E-state index is 11.9. The molecule has 10 heteroatoms. The van der Waals surface area contributed by atoms with Gasteiger partial charge in [-0.1, -0.05) is 23.7 Å². The molecule has 0 aliphatic carbocycles. The van der Waals surface area contributed by atoms with Crippen LogP contribution in [0.1, 0.15) is 5.56 Å². The van der Waals surface area contributed by atoms with Crippen molar-refractivity contribution >= 4 is 44.8 Å². The molecule has 26 heavy (non-hydrogen) atoms. The number of imidazole rings is 1. The fourth-order valence-electron chi connectivity index (χ4n) is 2.56. The molecule has 0 aliphatic heterocycles. The van der Waals surface area contributed by atoms with Crippen LogP contribution >= 0.6 is 11.6 Å². The lowest BCUT2D eigenvalue weighted by Crippen LogP contribution is -2.11. The van der Waals surface area contributed by atoms with E-state index in [9.17, 15) is 17.8 Å². The van der Waals surface area contributed by atoms with Gasteiger partial charge in [0, 0.05) is 16.1 Å². The molecule has 0 unspecified atom stereocenters. The number of aromatic amines is 1. The normalized spacial score (nSPS) is 11.5. The van der Waals surface area contributed by atoms with Crippen molar-refractivity contribution in [2.75, 3.05) is 12.4 Å². The number of fused-ring (bicyclic) bond motifs is 1. The molecular weight excluding hydrogens is 382 g/mol. The van der Waals surface area contributed by atoms with E-state index in [1.807, 2.05) is 6.92 Å². The molecule has 0 aliphatic rings. The summed E-state index contributed by atoms with van der Waals surface area (Å²) in [6.45, 7) is 1.84. The summed E-state index contributed by atoms with van der Waals surface area (Å²) >= 11 is 6.30. The Morgan fingerprint density at radius 2 is 2.04 bits per heavy atom. The molecular formula is C16H14ClN3O5S. The molecule has 0 atom stereocenters. The van der Waals surface area contributed by atoms with Gasteiger partial charge >= 0.3 is 6.09 Å². The minimum Gasteiger partial charge on any atom is -0.453 e. The summed E-state index contributed by atoms with van der Waals surface area (Å²) in [7, 11) is -3.34. The zero-order valence-corrected chi connectivity index (χ0v) is 15.3. The van der Waals surface area contributed by atoms with Gasteiger partial charge in [-0.15, -0.1) is 0 Å². The standard InChI is InChI=1S/C16H14ClN3O5S/c1-8-3-4-9(10(17)7-8)13-12(26(22,23)24)6-5-11-14(13)19-15(18-11)20-16(21)25-2/h3-7H,1-2H3,(H,22,23,24)(H2,18,19,20,21). The zero-order chi connectivity index (χ0) is 19.1. The molecule has 0 fully saturated rings. The highest BCUT2D eigenvalue weighted by molar-refractivity contribution is 7.86. The van der Waals surface area contributed by atoms with Crippen LogP contribution in [0, 0.1) is 6.92 Å². The second-order valence-electron chi connectivity index (χ2n) is 5.50. The summed E-state index contributed by atoms with van der Waals surface area (Å²) in [4.78, 5) is 18.1. The molecule has 3 N–H and O–H groups in total. The van der Waals surface area contributed by atoms with Gasteiger partial charge < -0.3 is 9.72 Å². The Hall–Kier alpha value is -2.62. The average Bonchev–Trinajstić information content (AvgIpc) is 2.95. The Bertz CT molecular complexity index is 1120. The van der Waals surface area contributed by atoms with E-state index in [0.29, 0.717) is 16.1 Å². The van der Waals surface area contributed by atoms with Crippen LogP contribution in [0.15, 0.2) is 35.2 Å². The van der Waals surface area contributed by atoms with Gasteiger partial charge in [0.25, 0.3) is 10.1 Å². The second-order valence-corrected chi connectivity index (χ2v) is 7.29. The van der Waals surface area contributed by atoms with Gasteiger partial charge in [-0.2, -0.15) is 8.42 Å². The van der Waals surface area contributed by atoms with Crippen LogP contribution in [0.5, 0.6) is 0 Å². The number of nitrogens with zero attached hydrogens (tertiary/aromatic N) is 1. The van der Waals surface area contributed by atoms with Crippen molar-refractivity contribution in [1.82, 2.24) is 9.97 Å². The minimum atomic E-state index is -4.54. The Labute approximate surface area is 153 Å². The summed E-state index contributed by atoms with van der Waals surface area (Å²) in [6, 6.07) is 7.74. The predicted octanol–water partition coefficient (Wildman–Crippen LogP) is 3.62. The van der Waals surface area contributed by atoms with E-state index in [4.69, 9.17) is 11.6 Å². The summed E-state index contributed by atoms with van der Waals surface area (Å²) in [5.41, 5.74) is 2.05. The van der Waals surface area contributed by atoms with E-state index in [2.05, 4.69) is 20.0 Å². The maximum Gasteiger partial charge on any atom is 0.413 e. The topological polar surface area (TPSA) is 121 Å². The number of rotatable bonds is 3. The van der Waals surface area contributed by atoms with Crippen molar-refractivity contribution in [3.05, 3.63) is 40.9 Å². The number of benzene rings is 2. The molecule has 0 saturated heterocycles. The van der Waals surface area contributed by atoms with Gasteiger partial charge in [0.05, 0.1) is 18.1 Å². The Morgan fingerprint density at radius 1 is 1.31 bits per heavy atom. The van der Waals surface area contributed by atoms with Gasteiger partial charge in [0.2, 0.25) is 5.95 Å². The lowest BCUT2D eigenvalue weighted by Gasteiger charge is -2.10. The van der Waals surface area contributed by atoms with Crippen molar-refractivity contribution in [2.24, 2.45) is 0 Å². The summed E-state index contributed by atoms with van der Waals surface area (Å²) in [5.74, 6) is 0.0591. The molecule has 0 bridgehead atoms.